The molecule has 2 rings (SSSR count). The molecule has 6 heteroatoms. The Hall–Kier alpha value is -1.88. The van der Waals surface area contributed by atoms with Crippen molar-refractivity contribution in [1.29, 1.82) is 0 Å². The van der Waals surface area contributed by atoms with Gasteiger partial charge in [0.05, 0.1) is 5.69 Å². The Labute approximate surface area is 103 Å². The average molecular weight is 252 g/mol. The van der Waals surface area contributed by atoms with E-state index in [1.54, 1.807) is 24.4 Å². The minimum atomic E-state index is -0.372. The molecule has 0 spiro atoms. The second-order valence-electron chi connectivity index (χ2n) is 3.33. The summed E-state index contributed by atoms with van der Waals surface area (Å²) in [6.45, 7) is 1.92. The summed E-state index contributed by atoms with van der Waals surface area (Å²) in [7, 11) is 0. The molecule has 5 nitrogen and oxygen atoms in total. The lowest BCUT2D eigenvalue weighted by Gasteiger charge is -2.03. The van der Waals surface area contributed by atoms with E-state index in [4.69, 9.17) is 16.1 Å². The van der Waals surface area contributed by atoms with Gasteiger partial charge in [-0.2, -0.15) is 0 Å². The van der Waals surface area contributed by atoms with E-state index in [0.29, 0.717) is 17.9 Å². The number of nitrogens with one attached hydrogen (secondary N) is 1. The van der Waals surface area contributed by atoms with Crippen LogP contribution in [-0.2, 0) is 6.42 Å². The molecule has 1 N–H and O–H groups in total. The maximum Gasteiger partial charge on any atom is 0.277 e. The fraction of sp³-hybridized carbons (Fsp3) is 0.182. The van der Waals surface area contributed by atoms with Crippen molar-refractivity contribution in [3.05, 3.63) is 41.0 Å². The molecule has 0 fully saturated rings. The highest BCUT2D eigenvalue weighted by Crippen LogP contribution is 2.18. The molecule has 2 aromatic rings. The van der Waals surface area contributed by atoms with E-state index in [1.165, 1.54) is 0 Å². The fourth-order valence-corrected chi connectivity index (χ4v) is 1.42. The molecule has 1 amide bonds. The molecule has 0 unspecified atom stereocenters. The third-order valence-corrected chi connectivity index (χ3v) is 2.45. The standard InChI is InChI=1S/C11H10ClN3O2/c1-2-7-6-9(15-17-7)11(16)14-8-4-3-5-13-10(8)12/h3-6H,2H2,1H3,(H,14,16). The minimum Gasteiger partial charge on any atom is -0.361 e. The highest BCUT2D eigenvalue weighted by Gasteiger charge is 2.13. The van der Waals surface area contributed by atoms with Gasteiger partial charge >= 0.3 is 0 Å². The predicted octanol–water partition coefficient (Wildman–Crippen LogP) is 2.54. The fourth-order valence-electron chi connectivity index (χ4n) is 1.25. The van der Waals surface area contributed by atoms with Gasteiger partial charge in [0.1, 0.15) is 5.76 Å². The monoisotopic (exact) mass is 251 g/mol. The van der Waals surface area contributed by atoms with Crippen molar-refractivity contribution in [2.45, 2.75) is 13.3 Å². The number of anilines is 1. The number of halogens is 1. The molecule has 0 aliphatic heterocycles. The average Bonchev–Trinajstić information content (AvgIpc) is 2.81. The van der Waals surface area contributed by atoms with Gasteiger partial charge in [-0.15, -0.1) is 0 Å². The van der Waals surface area contributed by atoms with Crippen molar-refractivity contribution in [2.75, 3.05) is 5.32 Å². The van der Waals surface area contributed by atoms with Crippen molar-refractivity contribution < 1.29 is 9.32 Å². The van der Waals surface area contributed by atoms with Gasteiger partial charge in [0.25, 0.3) is 5.91 Å². The zero-order valence-corrected chi connectivity index (χ0v) is 9.86. The molecule has 0 aromatic carbocycles. The topological polar surface area (TPSA) is 68.0 Å². The van der Waals surface area contributed by atoms with Crippen LogP contribution in [0.15, 0.2) is 28.9 Å². The summed E-state index contributed by atoms with van der Waals surface area (Å²) in [4.78, 5) is 15.6. The van der Waals surface area contributed by atoms with Gasteiger partial charge in [-0.25, -0.2) is 4.98 Å². The molecular weight excluding hydrogens is 242 g/mol. The highest BCUT2D eigenvalue weighted by atomic mass is 35.5. The van der Waals surface area contributed by atoms with Gasteiger partial charge < -0.3 is 9.84 Å². The summed E-state index contributed by atoms with van der Waals surface area (Å²) < 4.78 is 4.94. The first kappa shape index (κ1) is 11.6. The largest absolute Gasteiger partial charge is 0.361 e. The highest BCUT2D eigenvalue weighted by molar-refractivity contribution is 6.32. The van der Waals surface area contributed by atoms with Crippen LogP contribution in [0.3, 0.4) is 0 Å². The lowest BCUT2D eigenvalue weighted by Crippen LogP contribution is -2.12. The lowest BCUT2D eigenvalue weighted by molar-refractivity contribution is 0.101. The Morgan fingerprint density at radius 2 is 2.41 bits per heavy atom. The SMILES string of the molecule is CCc1cc(C(=O)Nc2cccnc2Cl)no1. The zero-order chi connectivity index (χ0) is 12.3. The number of pyridine rings is 1. The number of aryl methyl sites for hydroxylation is 1. The Bertz CT molecular complexity index is 539. The number of nitrogens with zero attached hydrogens (tertiary/aromatic N) is 2. The predicted molar refractivity (Wildman–Crippen MR) is 63.1 cm³/mol. The summed E-state index contributed by atoms with van der Waals surface area (Å²) in [6.07, 6.45) is 2.23. The first-order chi connectivity index (χ1) is 8.20. The Morgan fingerprint density at radius 1 is 1.59 bits per heavy atom. The molecule has 0 saturated carbocycles. The molecular formula is C11H10ClN3O2. The number of amides is 1. The lowest BCUT2D eigenvalue weighted by atomic mass is 10.3. The van der Waals surface area contributed by atoms with Gasteiger partial charge in [-0.05, 0) is 12.1 Å². The van der Waals surface area contributed by atoms with Gasteiger partial charge in [0.15, 0.2) is 10.8 Å². The number of aromatic nitrogens is 2. The van der Waals surface area contributed by atoms with Gasteiger partial charge in [0.2, 0.25) is 0 Å². The van der Waals surface area contributed by atoms with E-state index in [1.807, 2.05) is 6.92 Å². The summed E-state index contributed by atoms with van der Waals surface area (Å²) in [6, 6.07) is 4.94. The molecule has 17 heavy (non-hydrogen) atoms. The summed E-state index contributed by atoms with van der Waals surface area (Å²) >= 11 is 5.82. The smallest absolute Gasteiger partial charge is 0.277 e. The Balaban J connectivity index is 2.14. The molecule has 0 aliphatic rings. The maximum absolute atomic E-state index is 11.8. The van der Waals surface area contributed by atoms with Crippen molar-refractivity contribution >= 4 is 23.2 Å². The van der Waals surface area contributed by atoms with E-state index >= 15 is 0 Å². The molecule has 0 bridgehead atoms. The summed E-state index contributed by atoms with van der Waals surface area (Å²) in [5.41, 5.74) is 0.669. The van der Waals surface area contributed by atoms with E-state index in [-0.39, 0.29) is 16.8 Å². The minimum absolute atomic E-state index is 0.224. The van der Waals surface area contributed by atoms with Crippen LogP contribution in [0, 0.1) is 0 Å². The zero-order valence-electron chi connectivity index (χ0n) is 9.11. The number of carbonyl (C=O) groups is 1. The second kappa shape index (κ2) is 4.97. The van der Waals surface area contributed by atoms with Crippen molar-refractivity contribution in [3.63, 3.8) is 0 Å². The van der Waals surface area contributed by atoms with Crippen LogP contribution >= 0.6 is 11.6 Å². The van der Waals surface area contributed by atoms with Crippen molar-refractivity contribution in [2.24, 2.45) is 0 Å². The third kappa shape index (κ3) is 2.62. The second-order valence-corrected chi connectivity index (χ2v) is 3.69. The molecule has 0 atom stereocenters. The van der Waals surface area contributed by atoms with Crippen LogP contribution in [0.25, 0.3) is 0 Å². The third-order valence-electron chi connectivity index (χ3n) is 2.15. The number of carbonyl (C=O) groups excluding carboxylic acids is 1. The molecule has 2 aromatic heterocycles. The van der Waals surface area contributed by atoms with Crippen molar-refractivity contribution in [1.82, 2.24) is 10.1 Å². The Morgan fingerprint density at radius 3 is 3.06 bits per heavy atom. The van der Waals surface area contributed by atoms with Gasteiger partial charge in [0, 0.05) is 18.7 Å². The van der Waals surface area contributed by atoms with Crippen LogP contribution in [0.2, 0.25) is 5.15 Å². The molecule has 0 aliphatic carbocycles. The Kier molecular flexibility index (Phi) is 3.39. The van der Waals surface area contributed by atoms with Gasteiger partial charge in [-0.3, -0.25) is 4.79 Å². The number of hydrogen-bond acceptors (Lipinski definition) is 4. The summed E-state index contributed by atoms with van der Waals surface area (Å²) in [5, 5.41) is 6.51. The van der Waals surface area contributed by atoms with Crippen LogP contribution in [-0.4, -0.2) is 16.0 Å². The maximum atomic E-state index is 11.8. The molecule has 88 valence electrons. The van der Waals surface area contributed by atoms with E-state index < -0.39 is 0 Å². The number of hydrogen-bond donors (Lipinski definition) is 1. The van der Waals surface area contributed by atoms with Crippen LogP contribution in [0.4, 0.5) is 5.69 Å². The van der Waals surface area contributed by atoms with E-state index in [2.05, 4.69) is 15.5 Å². The first-order valence-corrected chi connectivity index (χ1v) is 5.46. The molecule has 2 heterocycles. The summed E-state index contributed by atoms with van der Waals surface area (Å²) in [5.74, 6) is 0.288. The normalized spacial score (nSPS) is 10.2. The van der Waals surface area contributed by atoms with E-state index in [9.17, 15) is 4.79 Å². The number of rotatable bonds is 3. The van der Waals surface area contributed by atoms with Gasteiger partial charge in [-0.1, -0.05) is 23.7 Å². The molecule has 0 saturated heterocycles. The first-order valence-electron chi connectivity index (χ1n) is 5.08. The van der Waals surface area contributed by atoms with E-state index in [0.717, 1.165) is 0 Å². The van der Waals surface area contributed by atoms with Crippen LogP contribution in [0.5, 0.6) is 0 Å². The molecule has 0 radical (unpaired) electrons. The quantitative estimate of drug-likeness (QED) is 0.851. The van der Waals surface area contributed by atoms with Crippen molar-refractivity contribution in [3.8, 4) is 0 Å². The van der Waals surface area contributed by atoms with Crippen LogP contribution in [0.1, 0.15) is 23.2 Å². The van der Waals surface area contributed by atoms with Crippen LogP contribution < -0.4 is 5.32 Å².